The summed E-state index contributed by atoms with van der Waals surface area (Å²) in [5, 5.41) is 11.0. The summed E-state index contributed by atoms with van der Waals surface area (Å²) in [6, 6.07) is 14.4. The van der Waals surface area contributed by atoms with Crippen LogP contribution in [0.2, 0.25) is 0 Å². The van der Waals surface area contributed by atoms with Crippen LogP contribution in [0.15, 0.2) is 48.5 Å². The normalized spacial score (nSPS) is 11.2. The van der Waals surface area contributed by atoms with Crippen molar-refractivity contribution in [1.82, 2.24) is 0 Å². The Morgan fingerprint density at radius 3 is 2.33 bits per heavy atom. The van der Waals surface area contributed by atoms with Gasteiger partial charge in [-0.2, -0.15) is 0 Å². The van der Waals surface area contributed by atoms with E-state index in [1.165, 1.54) is 6.07 Å². The Morgan fingerprint density at radius 2 is 1.67 bits per heavy atom. The van der Waals surface area contributed by atoms with Crippen LogP contribution in [-0.4, -0.2) is 4.92 Å². The molecule has 0 aliphatic carbocycles. The molecule has 4 heteroatoms. The molecule has 2 aromatic rings. The van der Waals surface area contributed by atoms with Gasteiger partial charge in [0.05, 0.1) is 10.5 Å². The molecule has 21 heavy (non-hydrogen) atoms. The Labute approximate surface area is 124 Å². The summed E-state index contributed by atoms with van der Waals surface area (Å²) < 4.78 is 5.84. The van der Waals surface area contributed by atoms with E-state index in [-0.39, 0.29) is 22.6 Å². The molecule has 110 valence electrons. The minimum Gasteiger partial charge on any atom is -0.488 e. The lowest BCUT2D eigenvalue weighted by Gasteiger charge is -2.22. The van der Waals surface area contributed by atoms with Gasteiger partial charge in [0.25, 0.3) is 5.69 Å². The van der Waals surface area contributed by atoms with Gasteiger partial charge >= 0.3 is 0 Å². The second-order valence-electron chi connectivity index (χ2n) is 5.92. The first kappa shape index (κ1) is 15.0. The number of para-hydroxylation sites is 2. The van der Waals surface area contributed by atoms with Crippen molar-refractivity contribution in [3.8, 4) is 5.75 Å². The molecule has 0 unspecified atom stereocenters. The molecule has 0 N–H and O–H groups in total. The average molecular weight is 285 g/mol. The third-order valence-electron chi connectivity index (χ3n) is 3.27. The SMILES string of the molecule is CC(C)(C)c1ccccc1OCc1ccccc1[N+](=O)[O-]. The van der Waals surface area contributed by atoms with Gasteiger partial charge in [-0.25, -0.2) is 0 Å². The molecule has 0 bridgehead atoms. The van der Waals surface area contributed by atoms with Gasteiger partial charge in [0.1, 0.15) is 12.4 Å². The van der Waals surface area contributed by atoms with E-state index < -0.39 is 0 Å². The van der Waals surface area contributed by atoms with Crippen LogP contribution in [0.1, 0.15) is 31.9 Å². The van der Waals surface area contributed by atoms with Crippen LogP contribution in [0, 0.1) is 10.1 Å². The van der Waals surface area contributed by atoms with Crippen molar-refractivity contribution < 1.29 is 9.66 Å². The van der Waals surface area contributed by atoms with Crippen molar-refractivity contribution in [3.63, 3.8) is 0 Å². The Hall–Kier alpha value is -2.36. The summed E-state index contributed by atoms with van der Waals surface area (Å²) in [4.78, 5) is 10.6. The lowest BCUT2D eigenvalue weighted by molar-refractivity contribution is -0.385. The van der Waals surface area contributed by atoms with Gasteiger partial charge in [0.15, 0.2) is 0 Å². The summed E-state index contributed by atoms with van der Waals surface area (Å²) in [5.41, 5.74) is 1.71. The molecule has 0 radical (unpaired) electrons. The van der Waals surface area contributed by atoms with Gasteiger partial charge in [-0.15, -0.1) is 0 Å². The van der Waals surface area contributed by atoms with Crippen molar-refractivity contribution >= 4 is 5.69 Å². The zero-order valence-corrected chi connectivity index (χ0v) is 12.5. The fraction of sp³-hybridized carbons (Fsp3) is 0.294. The number of ether oxygens (including phenoxy) is 1. The minimum absolute atomic E-state index is 0.0424. The van der Waals surface area contributed by atoms with Gasteiger partial charge in [-0.05, 0) is 23.1 Å². The fourth-order valence-electron chi connectivity index (χ4n) is 2.18. The first-order valence-corrected chi connectivity index (χ1v) is 6.84. The average Bonchev–Trinajstić information content (AvgIpc) is 2.44. The topological polar surface area (TPSA) is 52.4 Å². The lowest BCUT2D eigenvalue weighted by atomic mass is 9.86. The molecule has 0 fully saturated rings. The van der Waals surface area contributed by atoms with E-state index in [2.05, 4.69) is 20.8 Å². The monoisotopic (exact) mass is 285 g/mol. The van der Waals surface area contributed by atoms with Crippen LogP contribution in [0.5, 0.6) is 5.75 Å². The first-order chi connectivity index (χ1) is 9.89. The Bertz CT molecular complexity index is 644. The van der Waals surface area contributed by atoms with E-state index in [0.717, 1.165) is 11.3 Å². The van der Waals surface area contributed by atoms with Crippen molar-refractivity contribution in [3.05, 3.63) is 69.8 Å². The summed E-state index contributed by atoms with van der Waals surface area (Å²) in [6.45, 7) is 6.52. The summed E-state index contributed by atoms with van der Waals surface area (Å²) in [6.07, 6.45) is 0. The van der Waals surface area contributed by atoms with Gasteiger partial charge in [0.2, 0.25) is 0 Å². The third kappa shape index (κ3) is 3.60. The molecule has 0 atom stereocenters. The fourth-order valence-corrected chi connectivity index (χ4v) is 2.18. The molecular weight excluding hydrogens is 266 g/mol. The molecule has 4 nitrogen and oxygen atoms in total. The minimum atomic E-state index is -0.381. The van der Waals surface area contributed by atoms with Crippen molar-refractivity contribution in [2.45, 2.75) is 32.8 Å². The lowest BCUT2D eigenvalue weighted by Crippen LogP contribution is -2.13. The maximum atomic E-state index is 11.0. The number of nitrogens with zero attached hydrogens (tertiary/aromatic N) is 1. The summed E-state index contributed by atoms with van der Waals surface area (Å²) >= 11 is 0. The quantitative estimate of drug-likeness (QED) is 0.615. The molecule has 0 spiro atoms. The highest BCUT2D eigenvalue weighted by molar-refractivity contribution is 5.41. The van der Waals surface area contributed by atoms with Gasteiger partial charge < -0.3 is 4.74 Å². The molecule has 0 aromatic heterocycles. The zero-order valence-electron chi connectivity index (χ0n) is 12.5. The summed E-state index contributed by atoms with van der Waals surface area (Å²) in [5.74, 6) is 0.767. The predicted octanol–water partition coefficient (Wildman–Crippen LogP) is 4.47. The largest absolute Gasteiger partial charge is 0.488 e. The second kappa shape index (κ2) is 5.95. The molecule has 0 amide bonds. The smallest absolute Gasteiger partial charge is 0.276 e. The number of hydrogen-bond donors (Lipinski definition) is 0. The van der Waals surface area contributed by atoms with Crippen LogP contribution in [0.4, 0.5) is 5.69 Å². The maximum Gasteiger partial charge on any atom is 0.276 e. The maximum absolute atomic E-state index is 11.0. The van der Waals surface area contributed by atoms with E-state index in [0.29, 0.717) is 5.56 Å². The van der Waals surface area contributed by atoms with Crippen LogP contribution < -0.4 is 4.74 Å². The Balaban J connectivity index is 2.24. The van der Waals surface area contributed by atoms with Crippen LogP contribution in [0.25, 0.3) is 0 Å². The van der Waals surface area contributed by atoms with Gasteiger partial charge in [-0.1, -0.05) is 51.1 Å². The molecule has 0 heterocycles. The van der Waals surface area contributed by atoms with E-state index in [4.69, 9.17) is 4.74 Å². The van der Waals surface area contributed by atoms with E-state index in [9.17, 15) is 10.1 Å². The number of nitro groups is 1. The van der Waals surface area contributed by atoms with E-state index in [1.807, 2.05) is 24.3 Å². The highest BCUT2D eigenvalue weighted by Crippen LogP contribution is 2.32. The number of nitro benzene ring substituents is 1. The Kier molecular flexibility index (Phi) is 4.26. The van der Waals surface area contributed by atoms with Crippen LogP contribution in [-0.2, 0) is 12.0 Å². The van der Waals surface area contributed by atoms with Crippen molar-refractivity contribution in [2.24, 2.45) is 0 Å². The molecule has 2 rings (SSSR count). The van der Waals surface area contributed by atoms with Crippen molar-refractivity contribution in [1.29, 1.82) is 0 Å². The highest BCUT2D eigenvalue weighted by Gasteiger charge is 2.19. The molecule has 0 aliphatic rings. The molecule has 0 saturated heterocycles. The zero-order chi connectivity index (χ0) is 15.5. The predicted molar refractivity (Wildman–Crippen MR) is 82.6 cm³/mol. The van der Waals surface area contributed by atoms with Crippen LogP contribution >= 0.6 is 0 Å². The number of rotatable bonds is 4. The molecule has 0 saturated carbocycles. The first-order valence-electron chi connectivity index (χ1n) is 6.84. The molecule has 2 aromatic carbocycles. The third-order valence-corrected chi connectivity index (χ3v) is 3.27. The van der Waals surface area contributed by atoms with Crippen LogP contribution in [0.3, 0.4) is 0 Å². The highest BCUT2D eigenvalue weighted by atomic mass is 16.6. The number of benzene rings is 2. The second-order valence-corrected chi connectivity index (χ2v) is 5.92. The summed E-state index contributed by atoms with van der Waals surface area (Å²) in [7, 11) is 0. The standard InChI is InChI=1S/C17H19NO3/c1-17(2,3)14-9-5-7-11-16(14)21-12-13-8-4-6-10-15(13)18(19)20/h4-11H,12H2,1-3H3. The van der Waals surface area contributed by atoms with Gasteiger partial charge in [-0.3, -0.25) is 10.1 Å². The Morgan fingerprint density at radius 1 is 1.05 bits per heavy atom. The number of hydrogen-bond acceptors (Lipinski definition) is 3. The van der Waals surface area contributed by atoms with Crippen molar-refractivity contribution in [2.75, 3.05) is 0 Å². The molecular formula is C17H19NO3. The van der Waals surface area contributed by atoms with Gasteiger partial charge in [0, 0.05) is 6.07 Å². The van der Waals surface area contributed by atoms with E-state index in [1.54, 1.807) is 18.2 Å². The van der Waals surface area contributed by atoms with E-state index >= 15 is 0 Å². The molecule has 0 aliphatic heterocycles.